The zero-order chi connectivity index (χ0) is 16.1. The molecule has 0 amide bonds. The number of ether oxygens (including phenoxy) is 1. The molecule has 0 saturated carbocycles. The van der Waals surface area contributed by atoms with Gasteiger partial charge >= 0.3 is 0 Å². The number of nitrogens with one attached hydrogen (secondary N) is 1. The van der Waals surface area contributed by atoms with Crippen molar-refractivity contribution in [3.63, 3.8) is 0 Å². The molecule has 0 fully saturated rings. The second-order valence-corrected chi connectivity index (χ2v) is 4.99. The molecular weight excluding hydrogens is 290 g/mol. The molecule has 0 spiro atoms. The summed E-state index contributed by atoms with van der Waals surface area (Å²) >= 11 is 0. The molecule has 0 radical (unpaired) electrons. The topological polar surface area (TPSA) is 72.8 Å². The quantitative estimate of drug-likeness (QED) is 0.781. The van der Waals surface area contributed by atoms with Gasteiger partial charge in [0.15, 0.2) is 5.82 Å². The fourth-order valence-corrected chi connectivity index (χ4v) is 2.21. The van der Waals surface area contributed by atoms with Crippen LogP contribution in [0.25, 0.3) is 11.4 Å². The lowest BCUT2D eigenvalue weighted by Crippen LogP contribution is -2.06. The van der Waals surface area contributed by atoms with E-state index in [0.717, 1.165) is 22.6 Å². The fourth-order valence-electron chi connectivity index (χ4n) is 2.21. The molecule has 0 unspecified atom stereocenters. The highest BCUT2D eigenvalue weighted by Crippen LogP contribution is 2.19. The number of rotatable bonds is 5. The standard InChI is InChI=1S/C17H17N5O/c1-12-9-15(20-11-14-6-4-8-19-17(14)23-2)22-16(21-12)13-5-3-7-18-10-13/h3-10H,11H2,1-2H3,(H,20,21,22). The molecule has 0 aromatic carbocycles. The summed E-state index contributed by atoms with van der Waals surface area (Å²) in [6, 6.07) is 9.56. The van der Waals surface area contributed by atoms with E-state index in [1.165, 1.54) is 0 Å². The van der Waals surface area contributed by atoms with Crippen LogP contribution in [0.4, 0.5) is 5.82 Å². The molecule has 0 saturated heterocycles. The van der Waals surface area contributed by atoms with Gasteiger partial charge in [-0.15, -0.1) is 0 Å². The molecule has 3 rings (SSSR count). The Bertz CT molecular complexity index is 792. The first-order valence-electron chi connectivity index (χ1n) is 7.24. The summed E-state index contributed by atoms with van der Waals surface area (Å²) in [5, 5.41) is 3.30. The second kappa shape index (κ2) is 6.83. The van der Waals surface area contributed by atoms with Gasteiger partial charge in [-0.2, -0.15) is 0 Å². The van der Waals surface area contributed by atoms with Crippen LogP contribution in [0.3, 0.4) is 0 Å². The number of anilines is 1. The molecular formula is C17H17N5O. The third kappa shape index (κ3) is 3.60. The molecule has 0 aliphatic rings. The maximum atomic E-state index is 5.26. The first kappa shape index (κ1) is 14.9. The monoisotopic (exact) mass is 307 g/mol. The van der Waals surface area contributed by atoms with Gasteiger partial charge in [-0.05, 0) is 25.1 Å². The van der Waals surface area contributed by atoms with Gasteiger partial charge in [0, 0.05) is 48.0 Å². The number of nitrogens with zero attached hydrogens (tertiary/aromatic N) is 4. The van der Waals surface area contributed by atoms with Gasteiger partial charge < -0.3 is 10.1 Å². The minimum atomic E-state index is 0.569. The molecule has 0 bridgehead atoms. The number of methoxy groups -OCH3 is 1. The molecule has 3 aromatic rings. The highest BCUT2D eigenvalue weighted by atomic mass is 16.5. The number of aryl methyl sites for hydroxylation is 1. The van der Waals surface area contributed by atoms with Gasteiger partial charge in [0.25, 0.3) is 0 Å². The SMILES string of the molecule is COc1ncccc1CNc1cc(C)nc(-c2cccnc2)n1. The average molecular weight is 307 g/mol. The van der Waals surface area contributed by atoms with Crippen LogP contribution in [0.15, 0.2) is 48.9 Å². The lowest BCUT2D eigenvalue weighted by atomic mass is 10.2. The Morgan fingerprint density at radius 2 is 2.00 bits per heavy atom. The molecule has 3 heterocycles. The van der Waals surface area contributed by atoms with Crippen LogP contribution in [-0.2, 0) is 6.54 Å². The smallest absolute Gasteiger partial charge is 0.218 e. The van der Waals surface area contributed by atoms with Crippen LogP contribution in [0.2, 0.25) is 0 Å². The predicted octanol–water partition coefficient (Wildman–Crippen LogP) is 2.86. The van der Waals surface area contributed by atoms with E-state index in [-0.39, 0.29) is 0 Å². The minimum Gasteiger partial charge on any atom is -0.481 e. The van der Waals surface area contributed by atoms with Crippen molar-refractivity contribution >= 4 is 5.82 Å². The summed E-state index contributed by atoms with van der Waals surface area (Å²) in [6.07, 6.45) is 5.19. The zero-order valence-electron chi connectivity index (χ0n) is 13.0. The molecule has 0 aliphatic heterocycles. The fraction of sp³-hybridized carbons (Fsp3) is 0.176. The number of pyridine rings is 2. The molecule has 0 atom stereocenters. The van der Waals surface area contributed by atoms with Crippen molar-refractivity contribution in [1.29, 1.82) is 0 Å². The number of hydrogen-bond acceptors (Lipinski definition) is 6. The van der Waals surface area contributed by atoms with Crippen molar-refractivity contribution in [3.8, 4) is 17.3 Å². The van der Waals surface area contributed by atoms with E-state index in [0.29, 0.717) is 18.2 Å². The Hall–Kier alpha value is -3.02. The van der Waals surface area contributed by atoms with Gasteiger partial charge in [-0.25, -0.2) is 15.0 Å². The second-order valence-electron chi connectivity index (χ2n) is 4.99. The Kier molecular flexibility index (Phi) is 4.42. The summed E-state index contributed by atoms with van der Waals surface area (Å²) in [5.74, 6) is 2.01. The van der Waals surface area contributed by atoms with Gasteiger partial charge in [0.2, 0.25) is 5.88 Å². The maximum Gasteiger partial charge on any atom is 0.218 e. The molecule has 1 N–H and O–H groups in total. The lowest BCUT2D eigenvalue weighted by molar-refractivity contribution is 0.393. The third-order valence-electron chi connectivity index (χ3n) is 3.28. The lowest BCUT2D eigenvalue weighted by Gasteiger charge is -2.10. The highest BCUT2D eigenvalue weighted by Gasteiger charge is 2.07. The van der Waals surface area contributed by atoms with E-state index in [9.17, 15) is 0 Å². The molecule has 6 nitrogen and oxygen atoms in total. The molecule has 116 valence electrons. The van der Waals surface area contributed by atoms with E-state index >= 15 is 0 Å². The van der Waals surface area contributed by atoms with Crippen LogP contribution in [0.1, 0.15) is 11.3 Å². The van der Waals surface area contributed by atoms with E-state index in [4.69, 9.17) is 4.74 Å². The molecule has 3 aromatic heterocycles. The zero-order valence-corrected chi connectivity index (χ0v) is 13.0. The summed E-state index contributed by atoms with van der Waals surface area (Å²) in [7, 11) is 1.61. The van der Waals surface area contributed by atoms with Crippen molar-refractivity contribution in [1.82, 2.24) is 19.9 Å². The van der Waals surface area contributed by atoms with Gasteiger partial charge in [0.1, 0.15) is 5.82 Å². The van der Waals surface area contributed by atoms with Crippen molar-refractivity contribution in [2.75, 3.05) is 12.4 Å². The Morgan fingerprint density at radius 1 is 1.13 bits per heavy atom. The Balaban J connectivity index is 1.82. The first-order chi connectivity index (χ1) is 11.3. The third-order valence-corrected chi connectivity index (χ3v) is 3.28. The van der Waals surface area contributed by atoms with Crippen LogP contribution < -0.4 is 10.1 Å². The largest absolute Gasteiger partial charge is 0.481 e. The van der Waals surface area contributed by atoms with E-state index in [2.05, 4.69) is 25.3 Å². The molecule has 0 aliphatic carbocycles. The minimum absolute atomic E-state index is 0.569. The van der Waals surface area contributed by atoms with Crippen molar-refractivity contribution in [2.24, 2.45) is 0 Å². The Labute approximate surface area is 134 Å². The van der Waals surface area contributed by atoms with Crippen LogP contribution in [-0.4, -0.2) is 27.0 Å². The number of hydrogen-bond donors (Lipinski definition) is 1. The highest BCUT2D eigenvalue weighted by molar-refractivity contribution is 5.56. The number of aromatic nitrogens is 4. The van der Waals surface area contributed by atoms with Crippen LogP contribution >= 0.6 is 0 Å². The van der Waals surface area contributed by atoms with E-state index in [1.54, 1.807) is 25.7 Å². The van der Waals surface area contributed by atoms with Crippen LogP contribution in [0, 0.1) is 6.92 Å². The van der Waals surface area contributed by atoms with Crippen molar-refractivity contribution < 1.29 is 4.74 Å². The normalized spacial score (nSPS) is 10.3. The summed E-state index contributed by atoms with van der Waals surface area (Å²) in [6.45, 7) is 2.51. The van der Waals surface area contributed by atoms with Crippen LogP contribution in [0.5, 0.6) is 5.88 Å². The summed E-state index contributed by atoms with van der Waals surface area (Å²) in [5.41, 5.74) is 2.74. The summed E-state index contributed by atoms with van der Waals surface area (Å²) < 4.78 is 5.26. The maximum absolute atomic E-state index is 5.26. The molecule has 23 heavy (non-hydrogen) atoms. The molecule has 6 heteroatoms. The van der Waals surface area contributed by atoms with Gasteiger partial charge in [0.05, 0.1) is 7.11 Å². The van der Waals surface area contributed by atoms with Crippen molar-refractivity contribution in [3.05, 3.63) is 60.2 Å². The predicted molar refractivity (Wildman–Crippen MR) is 88.1 cm³/mol. The summed E-state index contributed by atoms with van der Waals surface area (Å²) in [4.78, 5) is 17.3. The first-order valence-corrected chi connectivity index (χ1v) is 7.24. The average Bonchev–Trinajstić information content (AvgIpc) is 2.60. The van der Waals surface area contributed by atoms with Gasteiger partial charge in [-0.1, -0.05) is 6.07 Å². The van der Waals surface area contributed by atoms with Crippen molar-refractivity contribution in [2.45, 2.75) is 13.5 Å². The van der Waals surface area contributed by atoms with E-state index in [1.807, 2.05) is 37.3 Å². The van der Waals surface area contributed by atoms with Gasteiger partial charge in [-0.3, -0.25) is 4.98 Å². The Morgan fingerprint density at radius 3 is 2.78 bits per heavy atom. The van der Waals surface area contributed by atoms with E-state index < -0.39 is 0 Å².